The van der Waals surface area contributed by atoms with Crippen LogP contribution in [-0.2, 0) is 33.6 Å². The van der Waals surface area contributed by atoms with Crippen molar-refractivity contribution in [3.05, 3.63) is 0 Å². The van der Waals surface area contributed by atoms with Gasteiger partial charge in [-0.25, -0.2) is 0 Å². The first-order valence-corrected chi connectivity index (χ1v) is 27.7. The number of carbonyl (C=O) groups is 7. The zero-order chi connectivity index (χ0) is 42.6. The summed E-state index contributed by atoms with van der Waals surface area (Å²) in [5, 5.41) is 40.5. The first kappa shape index (κ1) is 52.9. The second-order valence-corrected chi connectivity index (χ2v) is 24.9. The number of carboxylic acid groups (broad SMARTS) is 4. The lowest BCUT2D eigenvalue weighted by molar-refractivity contribution is -0.145. The van der Waals surface area contributed by atoms with E-state index in [2.05, 4.69) is 5.32 Å². The molecule has 0 radical (unpaired) electrons. The molecule has 0 saturated carbocycles. The molecule has 2 rings (SSSR count). The monoisotopic (exact) mass is 929 g/mol. The fourth-order valence-electron chi connectivity index (χ4n) is 6.74. The van der Waals surface area contributed by atoms with E-state index in [1.54, 1.807) is 64.8 Å². The molecule has 12 nitrogen and oxygen atoms in total. The number of carboxylic acids is 4. The molecule has 0 unspecified atom stereocenters. The highest BCUT2D eigenvalue weighted by Crippen LogP contribution is 2.84. The van der Waals surface area contributed by atoms with Gasteiger partial charge in [0.1, 0.15) is 11.6 Å². The van der Waals surface area contributed by atoms with E-state index in [9.17, 15) is 48.9 Å². The van der Waals surface area contributed by atoms with Crippen LogP contribution in [0.15, 0.2) is 0 Å². The van der Waals surface area contributed by atoms with Gasteiger partial charge in [0.2, 0.25) is 5.91 Å². The number of carbonyl (C=O) groups excluding carboxylic acids is 3. The molecule has 1 spiro atoms. The van der Waals surface area contributed by atoms with Gasteiger partial charge in [0.25, 0.3) is 0 Å². The van der Waals surface area contributed by atoms with Gasteiger partial charge in [0, 0.05) is 46.5 Å². The molecule has 1 amide bonds. The van der Waals surface area contributed by atoms with Gasteiger partial charge in [-0.2, -0.15) is 0 Å². The van der Waals surface area contributed by atoms with E-state index in [0.717, 1.165) is 38.5 Å². The van der Waals surface area contributed by atoms with Crippen LogP contribution in [0.25, 0.3) is 0 Å². The Kier molecular flexibility index (Phi) is 28.8. The molecule has 2 fully saturated rings. The molecule has 2 saturated heterocycles. The van der Waals surface area contributed by atoms with Crippen LogP contribution in [0.4, 0.5) is 0 Å². The van der Waals surface area contributed by atoms with Crippen LogP contribution in [0.5, 0.6) is 0 Å². The van der Waals surface area contributed by atoms with Crippen molar-refractivity contribution in [1.29, 1.82) is 0 Å². The Morgan fingerprint density at radius 3 is 1.34 bits per heavy atom. The number of hydrogen-bond acceptors (Lipinski definition) is 13. The van der Waals surface area contributed by atoms with Crippen LogP contribution in [0.2, 0.25) is 0 Å². The quantitative estimate of drug-likeness (QED) is 0.0221. The molecule has 0 bridgehead atoms. The largest absolute Gasteiger partial charge is 0.481 e. The van der Waals surface area contributed by atoms with Crippen molar-refractivity contribution < 1.29 is 55.4 Å². The van der Waals surface area contributed by atoms with E-state index in [-0.39, 0.29) is 65.4 Å². The molecule has 2 heterocycles. The minimum atomic E-state index is -1.20. The molecule has 0 aliphatic carbocycles. The van der Waals surface area contributed by atoms with Crippen LogP contribution in [-0.4, -0.2) is 75.6 Å². The SMILES string of the molecule is O=C(O)CCCCCCCCCCCCCCCCCCC(=O)C[C@@H](CCC(=O)C[C@@H](CCC(=O)NCCCC[C@@H](C(=O)O)C1SSC2(SS1)SS2)C(=O)O)C(=O)O.[HH]. The lowest BCUT2D eigenvalue weighted by atomic mass is 9.90. The van der Waals surface area contributed by atoms with Gasteiger partial charge in [0.15, 0.2) is 2.74 Å². The average Bonchev–Trinajstić information content (AvgIpc) is 3.94. The number of nitrogens with one attached hydrogen (secondary N) is 1. The minimum absolute atomic E-state index is 0. The normalized spacial score (nSPS) is 16.3. The summed E-state index contributed by atoms with van der Waals surface area (Å²) in [6.45, 7) is 0.340. The van der Waals surface area contributed by atoms with Crippen molar-refractivity contribution in [2.75, 3.05) is 6.54 Å². The molecule has 0 aromatic rings. The third-order valence-electron chi connectivity index (χ3n) is 10.4. The van der Waals surface area contributed by atoms with Gasteiger partial charge < -0.3 is 25.7 Å². The molecule has 0 aromatic carbocycles. The molecule has 334 valence electrons. The smallest absolute Gasteiger partial charge is 0.308 e. The van der Waals surface area contributed by atoms with E-state index in [0.29, 0.717) is 38.6 Å². The van der Waals surface area contributed by atoms with E-state index in [4.69, 9.17) is 5.11 Å². The molecule has 2 aliphatic rings. The van der Waals surface area contributed by atoms with Gasteiger partial charge in [-0.15, -0.1) is 0 Å². The predicted molar refractivity (Wildman–Crippen MR) is 243 cm³/mol. The van der Waals surface area contributed by atoms with Crippen molar-refractivity contribution in [3.63, 3.8) is 0 Å². The zero-order valence-corrected chi connectivity index (χ0v) is 38.6. The van der Waals surface area contributed by atoms with Crippen LogP contribution < -0.4 is 5.32 Å². The highest BCUT2D eigenvalue weighted by Gasteiger charge is 2.53. The second-order valence-electron chi connectivity index (χ2n) is 15.4. The van der Waals surface area contributed by atoms with Crippen LogP contribution >= 0.6 is 64.8 Å². The standard InChI is InChI=1S/C40H65NO11S6.H2/c42-31(19-15-13-11-9-7-5-3-1-2-4-6-8-10-12-14-16-21-35(45)46)27-29(36(47)48)22-24-32(43)28-30(37(49)50)23-25-34(44)41-26-18-17-20-33(38(51)52)39-53-55-40(56-54-39)57-58-40;/h29-30,33,39H,1-28H2,(H,41,44)(H,45,46)(H,47,48)(H,49,50)(H,51,52);1H/t29-,30-,33+;/m1./s1. The van der Waals surface area contributed by atoms with Crippen LogP contribution in [0.1, 0.15) is 175 Å². The second kappa shape index (κ2) is 31.6. The summed E-state index contributed by atoms with van der Waals surface area (Å²) < 4.78 is 0.0590. The third-order valence-corrected chi connectivity index (χ3v) is 24.2. The summed E-state index contributed by atoms with van der Waals surface area (Å²) in [6, 6.07) is 0. The number of hydrogen-bond donors (Lipinski definition) is 5. The Balaban J connectivity index is 0.0000174. The van der Waals surface area contributed by atoms with Crippen molar-refractivity contribution in [2.24, 2.45) is 17.8 Å². The fraction of sp³-hybridized carbons (Fsp3) is 0.825. The molecule has 3 atom stereocenters. The Morgan fingerprint density at radius 2 is 0.914 bits per heavy atom. The maximum Gasteiger partial charge on any atom is 0.308 e. The van der Waals surface area contributed by atoms with E-state index >= 15 is 0 Å². The third kappa shape index (κ3) is 25.5. The number of Topliss-reactive ketones (excluding diaryl/α,β-unsaturated/α-hetero) is 2. The van der Waals surface area contributed by atoms with Crippen molar-refractivity contribution in [2.45, 2.75) is 181 Å². The fourth-order valence-corrected chi connectivity index (χ4v) is 20.6. The lowest BCUT2D eigenvalue weighted by Gasteiger charge is -2.27. The van der Waals surface area contributed by atoms with E-state index in [1.807, 2.05) is 0 Å². The molecule has 18 heteroatoms. The zero-order valence-electron chi connectivity index (χ0n) is 33.7. The summed E-state index contributed by atoms with van der Waals surface area (Å²) in [7, 11) is 10.3. The number of unbranched alkanes of at least 4 members (excludes halogenated alkanes) is 16. The summed E-state index contributed by atoms with van der Waals surface area (Å²) >= 11 is 0. The van der Waals surface area contributed by atoms with E-state index in [1.165, 1.54) is 57.8 Å². The molecular formula is C40H67NO11S6. The maximum atomic E-state index is 12.7. The topological polar surface area (TPSA) is 212 Å². The average molecular weight is 930 g/mol. The molecular weight excluding hydrogens is 863 g/mol. The Hall–Kier alpha value is -1.21. The van der Waals surface area contributed by atoms with Crippen molar-refractivity contribution in [1.82, 2.24) is 5.32 Å². The van der Waals surface area contributed by atoms with Crippen molar-refractivity contribution >= 4 is 106 Å². The Bertz CT molecular complexity index is 1280. The van der Waals surface area contributed by atoms with Crippen molar-refractivity contribution in [3.8, 4) is 0 Å². The summed E-state index contributed by atoms with van der Waals surface area (Å²) in [5.74, 6) is -7.34. The Morgan fingerprint density at radius 1 is 0.483 bits per heavy atom. The first-order chi connectivity index (χ1) is 27.8. The predicted octanol–water partition coefficient (Wildman–Crippen LogP) is 11.3. The summed E-state index contributed by atoms with van der Waals surface area (Å²) in [5.41, 5.74) is 0. The summed E-state index contributed by atoms with van der Waals surface area (Å²) in [4.78, 5) is 83.7. The molecule has 5 N–H and O–H groups in total. The minimum Gasteiger partial charge on any atom is -0.481 e. The lowest BCUT2D eigenvalue weighted by Crippen LogP contribution is -2.27. The number of rotatable bonds is 38. The Labute approximate surface area is 369 Å². The molecule has 0 aromatic heterocycles. The maximum absolute atomic E-state index is 12.7. The van der Waals surface area contributed by atoms with Gasteiger partial charge in [-0.05, 0) is 60.1 Å². The number of aliphatic carboxylic acids is 4. The van der Waals surface area contributed by atoms with Crippen LogP contribution in [0, 0.1) is 17.8 Å². The first-order valence-electron chi connectivity index (χ1n) is 21.1. The molecule has 2 aliphatic heterocycles. The van der Waals surface area contributed by atoms with Gasteiger partial charge in [-0.1, -0.05) is 139 Å². The van der Waals surface area contributed by atoms with Gasteiger partial charge >= 0.3 is 23.9 Å². The van der Waals surface area contributed by atoms with Crippen LogP contribution in [0.3, 0.4) is 0 Å². The van der Waals surface area contributed by atoms with E-state index < -0.39 is 47.4 Å². The van der Waals surface area contributed by atoms with Gasteiger partial charge in [0.05, 0.1) is 22.3 Å². The molecule has 58 heavy (non-hydrogen) atoms. The summed E-state index contributed by atoms with van der Waals surface area (Å²) in [6.07, 6.45) is 19.3. The van der Waals surface area contributed by atoms with Gasteiger partial charge in [-0.3, -0.25) is 33.6 Å². The number of amides is 1. The number of ketones is 2. The highest BCUT2D eigenvalue weighted by atomic mass is 33.2. The highest BCUT2D eigenvalue weighted by molar-refractivity contribution is 9.14.